The van der Waals surface area contributed by atoms with E-state index in [1.165, 1.54) is 4.90 Å². The van der Waals surface area contributed by atoms with Crippen molar-refractivity contribution < 1.29 is 9.59 Å². The molecule has 3 rings (SSSR count). The van der Waals surface area contributed by atoms with E-state index in [9.17, 15) is 9.59 Å². The molecule has 1 saturated carbocycles. The summed E-state index contributed by atoms with van der Waals surface area (Å²) < 4.78 is 1.04. The second kappa shape index (κ2) is 4.64. The van der Waals surface area contributed by atoms with Crippen LogP contribution in [0.5, 0.6) is 0 Å². The first-order valence-corrected chi connectivity index (χ1v) is 7.40. The van der Waals surface area contributed by atoms with Gasteiger partial charge >= 0.3 is 0 Å². The van der Waals surface area contributed by atoms with Gasteiger partial charge in [0.1, 0.15) is 0 Å². The summed E-state index contributed by atoms with van der Waals surface area (Å²) in [5, 5.41) is 0. The van der Waals surface area contributed by atoms with E-state index in [1.54, 1.807) is 0 Å². The van der Waals surface area contributed by atoms with Crippen LogP contribution in [0, 0.1) is 15.4 Å². The Morgan fingerprint density at radius 1 is 1.06 bits per heavy atom. The lowest BCUT2D eigenvalue weighted by Crippen LogP contribution is -2.30. The zero-order valence-electron chi connectivity index (χ0n) is 9.93. The fraction of sp³-hybridized carbons (Fsp3) is 0.429. The van der Waals surface area contributed by atoms with Crippen LogP contribution in [0.3, 0.4) is 0 Å². The molecule has 0 bridgehead atoms. The Morgan fingerprint density at radius 2 is 1.67 bits per heavy atom. The number of hydrogen-bond acceptors (Lipinski definition) is 2. The third kappa shape index (κ3) is 1.86. The third-order valence-electron chi connectivity index (χ3n) is 3.91. The highest BCUT2D eigenvalue weighted by Gasteiger charge is 2.48. The Balaban J connectivity index is 1.97. The molecule has 2 unspecified atom stereocenters. The first kappa shape index (κ1) is 12.1. The maximum atomic E-state index is 12.4. The van der Waals surface area contributed by atoms with E-state index in [-0.39, 0.29) is 23.7 Å². The summed E-state index contributed by atoms with van der Waals surface area (Å²) in [5.74, 6) is -0.119. The first-order chi connectivity index (χ1) is 8.68. The molecule has 4 heteroatoms. The fourth-order valence-corrected chi connectivity index (χ4v) is 3.56. The van der Waals surface area contributed by atoms with Gasteiger partial charge in [0.05, 0.1) is 17.5 Å². The van der Waals surface area contributed by atoms with Crippen LogP contribution in [-0.4, -0.2) is 11.8 Å². The lowest BCUT2D eigenvalue weighted by atomic mass is 9.81. The highest BCUT2D eigenvalue weighted by Crippen LogP contribution is 2.40. The molecule has 2 aliphatic rings. The van der Waals surface area contributed by atoms with Crippen LogP contribution in [0.1, 0.15) is 25.7 Å². The van der Waals surface area contributed by atoms with Crippen molar-refractivity contribution in [3.63, 3.8) is 0 Å². The summed E-state index contributed by atoms with van der Waals surface area (Å²) in [4.78, 5) is 26.1. The molecule has 0 radical (unpaired) electrons. The topological polar surface area (TPSA) is 37.4 Å². The second-order valence-electron chi connectivity index (χ2n) is 4.99. The Hall–Kier alpha value is -0.910. The van der Waals surface area contributed by atoms with Crippen molar-refractivity contribution in [2.75, 3.05) is 4.90 Å². The number of carbonyl (C=O) groups is 2. The number of benzene rings is 1. The molecule has 1 aromatic carbocycles. The van der Waals surface area contributed by atoms with E-state index in [0.717, 1.165) is 34.9 Å². The molecule has 94 valence electrons. The largest absolute Gasteiger partial charge is 0.274 e. The molecule has 1 heterocycles. The minimum Gasteiger partial charge on any atom is -0.274 e. The minimum absolute atomic E-state index is 0.00620. The van der Waals surface area contributed by atoms with Crippen molar-refractivity contribution in [2.45, 2.75) is 25.7 Å². The van der Waals surface area contributed by atoms with E-state index < -0.39 is 0 Å². The molecule has 0 N–H and O–H groups in total. The standard InChI is InChI=1S/C14H14INO2/c15-9-4-3-5-10(8-9)16-13(17)11-6-1-2-7-12(11)14(16)18/h3-5,8,11-12H,1-2,6-7H2. The summed E-state index contributed by atoms with van der Waals surface area (Å²) >= 11 is 2.20. The Bertz CT molecular complexity index is 490. The van der Waals surface area contributed by atoms with Gasteiger partial charge in [0, 0.05) is 3.57 Å². The number of rotatable bonds is 1. The lowest BCUT2D eigenvalue weighted by Gasteiger charge is -2.19. The van der Waals surface area contributed by atoms with Gasteiger partial charge in [-0.05, 0) is 53.6 Å². The minimum atomic E-state index is -0.0656. The van der Waals surface area contributed by atoms with Crippen molar-refractivity contribution in [1.82, 2.24) is 0 Å². The smallest absolute Gasteiger partial charge is 0.237 e. The normalized spacial score (nSPS) is 27.5. The van der Waals surface area contributed by atoms with Gasteiger partial charge in [0.25, 0.3) is 0 Å². The van der Waals surface area contributed by atoms with Crippen LogP contribution in [0.15, 0.2) is 24.3 Å². The van der Waals surface area contributed by atoms with E-state index in [2.05, 4.69) is 22.6 Å². The maximum absolute atomic E-state index is 12.4. The van der Waals surface area contributed by atoms with Gasteiger partial charge < -0.3 is 0 Å². The highest BCUT2D eigenvalue weighted by atomic mass is 127. The Kier molecular flexibility index (Phi) is 3.13. The number of halogens is 1. The van der Waals surface area contributed by atoms with Gasteiger partial charge in [0.15, 0.2) is 0 Å². The summed E-state index contributed by atoms with van der Waals surface area (Å²) in [6.07, 6.45) is 3.88. The quantitative estimate of drug-likeness (QED) is 0.574. The average molecular weight is 355 g/mol. The van der Waals surface area contributed by atoms with Crippen LogP contribution in [0.2, 0.25) is 0 Å². The predicted octanol–water partition coefficient (Wildman–Crippen LogP) is 2.97. The summed E-state index contributed by atoms with van der Waals surface area (Å²) in [5.41, 5.74) is 0.728. The zero-order valence-corrected chi connectivity index (χ0v) is 12.1. The fourth-order valence-electron chi connectivity index (χ4n) is 3.03. The number of carbonyl (C=O) groups excluding carboxylic acids is 2. The number of nitrogens with zero attached hydrogens (tertiary/aromatic N) is 1. The molecule has 2 fully saturated rings. The van der Waals surface area contributed by atoms with E-state index in [1.807, 2.05) is 24.3 Å². The molecule has 0 aromatic heterocycles. The lowest BCUT2D eigenvalue weighted by molar-refractivity contribution is -0.122. The van der Waals surface area contributed by atoms with Gasteiger partial charge in [-0.1, -0.05) is 18.9 Å². The number of anilines is 1. The SMILES string of the molecule is O=C1C2CCCCC2C(=O)N1c1cccc(I)c1. The number of amides is 2. The average Bonchev–Trinajstić information content (AvgIpc) is 2.63. The van der Waals surface area contributed by atoms with Gasteiger partial charge in [-0.25, -0.2) is 0 Å². The molecule has 3 nitrogen and oxygen atoms in total. The molecule has 2 amide bonds. The molecular formula is C14H14INO2. The van der Waals surface area contributed by atoms with Gasteiger partial charge in [-0.2, -0.15) is 0 Å². The van der Waals surface area contributed by atoms with Crippen molar-refractivity contribution in [1.29, 1.82) is 0 Å². The third-order valence-corrected chi connectivity index (χ3v) is 4.58. The summed E-state index contributed by atoms with van der Waals surface area (Å²) in [6.45, 7) is 0. The van der Waals surface area contributed by atoms with Crippen molar-refractivity contribution >= 4 is 40.1 Å². The monoisotopic (exact) mass is 355 g/mol. The summed E-state index contributed by atoms with van der Waals surface area (Å²) in [7, 11) is 0. The van der Waals surface area contributed by atoms with Crippen LogP contribution >= 0.6 is 22.6 Å². The highest BCUT2D eigenvalue weighted by molar-refractivity contribution is 14.1. The van der Waals surface area contributed by atoms with Crippen LogP contribution < -0.4 is 4.90 Å². The van der Waals surface area contributed by atoms with E-state index >= 15 is 0 Å². The van der Waals surface area contributed by atoms with Gasteiger partial charge in [-0.3, -0.25) is 14.5 Å². The number of fused-ring (bicyclic) bond motifs is 1. The first-order valence-electron chi connectivity index (χ1n) is 6.32. The van der Waals surface area contributed by atoms with E-state index in [0.29, 0.717) is 0 Å². The van der Waals surface area contributed by atoms with Crippen molar-refractivity contribution in [3.8, 4) is 0 Å². The van der Waals surface area contributed by atoms with Crippen LogP contribution in [0.25, 0.3) is 0 Å². The predicted molar refractivity (Wildman–Crippen MR) is 77.1 cm³/mol. The van der Waals surface area contributed by atoms with Crippen molar-refractivity contribution in [2.24, 2.45) is 11.8 Å². The molecule has 1 aromatic rings. The van der Waals surface area contributed by atoms with Crippen LogP contribution in [-0.2, 0) is 9.59 Å². The molecule has 1 saturated heterocycles. The second-order valence-corrected chi connectivity index (χ2v) is 6.23. The molecule has 0 spiro atoms. The molecule has 2 atom stereocenters. The Labute approximate surface area is 120 Å². The van der Waals surface area contributed by atoms with Crippen LogP contribution in [0.4, 0.5) is 5.69 Å². The molecular weight excluding hydrogens is 341 g/mol. The van der Waals surface area contributed by atoms with Gasteiger partial charge in [-0.15, -0.1) is 0 Å². The van der Waals surface area contributed by atoms with Crippen molar-refractivity contribution in [3.05, 3.63) is 27.8 Å². The zero-order chi connectivity index (χ0) is 12.7. The number of imide groups is 1. The molecule has 1 aliphatic heterocycles. The Morgan fingerprint density at radius 3 is 2.22 bits per heavy atom. The van der Waals surface area contributed by atoms with Gasteiger partial charge in [0.2, 0.25) is 11.8 Å². The maximum Gasteiger partial charge on any atom is 0.237 e. The summed E-state index contributed by atoms with van der Waals surface area (Å²) in [6, 6.07) is 7.59. The van der Waals surface area contributed by atoms with E-state index in [4.69, 9.17) is 0 Å². The molecule has 18 heavy (non-hydrogen) atoms. The molecule has 1 aliphatic carbocycles. The number of hydrogen-bond donors (Lipinski definition) is 0.